The summed E-state index contributed by atoms with van der Waals surface area (Å²) in [5, 5.41) is 4.86. The summed E-state index contributed by atoms with van der Waals surface area (Å²) in [7, 11) is 0. The molecule has 7 nitrogen and oxygen atoms in total. The fourth-order valence-corrected chi connectivity index (χ4v) is 5.39. The second-order valence-corrected chi connectivity index (χ2v) is 10.9. The van der Waals surface area contributed by atoms with Crippen molar-refractivity contribution in [3.63, 3.8) is 0 Å². The second-order valence-electron chi connectivity index (χ2n) is 9.63. The molecule has 5 rings (SSSR count). The van der Waals surface area contributed by atoms with E-state index in [1.807, 2.05) is 30.3 Å². The number of fused-ring (bicyclic) bond motifs is 1. The Morgan fingerprint density at radius 3 is 2.46 bits per heavy atom. The number of rotatable bonds is 8. The number of nitrogens with one attached hydrogen (secondary N) is 2. The summed E-state index contributed by atoms with van der Waals surface area (Å²) in [4.78, 5) is 33.8. The summed E-state index contributed by atoms with van der Waals surface area (Å²) in [5.41, 5.74) is 2.90. The van der Waals surface area contributed by atoms with Crippen LogP contribution in [0.15, 0.2) is 71.5 Å². The molecule has 4 aromatic rings. The van der Waals surface area contributed by atoms with Crippen LogP contribution in [0.5, 0.6) is 0 Å². The number of carbonyl (C=O) groups is 1. The first-order valence-corrected chi connectivity index (χ1v) is 14.1. The summed E-state index contributed by atoms with van der Waals surface area (Å²) >= 11 is 17.6. The minimum Gasteiger partial charge on any atom is -0.369 e. The molecule has 10 heteroatoms. The number of amides is 1. The van der Waals surface area contributed by atoms with E-state index in [4.69, 9.17) is 35.4 Å². The van der Waals surface area contributed by atoms with Crippen LogP contribution in [0, 0.1) is 4.77 Å². The lowest BCUT2D eigenvalue weighted by atomic mass is 10.1. The number of hydrogen-bond donors (Lipinski definition) is 2. The topological polar surface area (TPSA) is 73.4 Å². The van der Waals surface area contributed by atoms with Crippen LogP contribution in [0.25, 0.3) is 10.9 Å². The Bertz CT molecular complexity index is 1590. The number of anilines is 1. The number of benzene rings is 3. The van der Waals surface area contributed by atoms with Crippen LogP contribution >= 0.6 is 35.4 Å². The van der Waals surface area contributed by atoms with Gasteiger partial charge in [-0.1, -0.05) is 41.4 Å². The molecule has 1 aromatic heterocycles. The molecule has 39 heavy (non-hydrogen) atoms. The van der Waals surface area contributed by atoms with Crippen molar-refractivity contribution < 1.29 is 4.79 Å². The maximum Gasteiger partial charge on any atom is 0.262 e. The average molecular weight is 583 g/mol. The molecular formula is C29H29Cl2N5O2S. The fourth-order valence-electron chi connectivity index (χ4n) is 4.82. The van der Waals surface area contributed by atoms with Gasteiger partial charge < -0.3 is 15.2 Å². The minimum absolute atomic E-state index is 0.174. The Labute approximate surface area is 242 Å². The summed E-state index contributed by atoms with van der Waals surface area (Å²) in [6.45, 7) is 5.67. The highest BCUT2D eigenvalue weighted by molar-refractivity contribution is 7.71. The SMILES string of the molecule is O=C(NCCCN1CCN(c2cccc(Cl)c2)CC1)c1ccc2c(=O)n(Cc3ccc(Cl)cc3)c(=S)[nH]c2c1. The van der Waals surface area contributed by atoms with Crippen LogP contribution in [0.2, 0.25) is 10.0 Å². The Morgan fingerprint density at radius 1 is 0.949 bits per heavy atom. The number of carbonyl (C=O) groups excluding carboxylic acids is 1. The molecule has 1 aliphatic rings. The maximum absolute atomic E-state index is 13.1. The summed E-state index contributed by atoms with van der Waals surface area (Å²) in [6.07, 6.45) is 0.855. The van der Waals surface area contributed by atoms with E-state index < -0.39 is 0 Å². The Hall–Kier alpha value is -3.17. The van der Waals surface area contributed by atoms with Gasteiger partial charge in [0.1, 0.15) is 0 Å². The number of aromatic nitrogens is 2. The molecular weight excluding hydrogens is 553 g/mol. The van der Waals surface area contributed by atoms with E-state index in [2.05, 4.69) is 26.2 Å². The molecule has 0 aliphatic carbocycles. The lowest BCUT2D eigenvalue weighted by Gasteiger charge is -2.36. The third-order valence-corrected chi connectivity index (χ3v) is 7.79. The highest BCUT2D eigenvalue weighted by Crippen LogP contribution is 2.21. The number of hydrogen-bond acceptors (Lipinski definition) is 5. The van der Waals surface area contributed by atoms with E-state index in [0.29, 0.717) is 39.3 Å². The van der Waals surface area contributed by atoms with Crippen molar-refractivity contribution >= 4 is 57.9 Å². The monoisotopic (exact) mass is 581 g/mol. The Kier molecular flexibility index (Phi) is 8.67. The lowest BCUT2D eigenvalue weighted by Crippen LogP contribution is -2.47. The third-order valence-electron chi connectivity index (χ3n) is 6.98. The van der Waals surface area contributed by atoms with Gasteiger partial charge in [-0.2, -0.15) is 0 Å². The van der Waals surface area contributed by atoms with Gasteiger partial charge >= 0.3 is 0 Å². The Morgan fingerprint density at radius 2 is 1.72 bits per heavy atom. The van der Waals surface area contributed by atoms with Crippen LogP contribution in [0.1, 0.15) is 22.3 Å². The minimum atomic E-state index is -0.203. The number of aromatic amines is 1. The number of nitrogens with zero attached hydrogens (tertiary/aromatic N) is 3. The molecule has 0 saturated carbocycles. The van der Waals surface area contributed by atoms with Gasteiger partial charge in [-0.15, -0.1) is 0 Å². The molecule has 202 valence electrons. The van der Waals surface area contributed by atoms with Crippen LogP contribution in [-0.2, 0) is 6.54 Å². The quantitative estimate of drug-likeness (QED) is 0.216. The predicted molar refractivity (Wildman–Crippen MR) is 161 cm³/mol. The van der Waals surface area contributed by atoms with Gasteiger partial charge in [-0.05, 0) is 79.3 Å². The first-order chi connectivity index (χ1) is 18.9. The van der Waals surface area contributed by atoms with Crippen molar-refractivity contribution in [3.8, 4) is 0 Å². The highest BCUT2D eigenvalue weighted by atomic mass is 35.5. The first kappa shape index (κ1) is 27.4. The molecule has 2 N–H and O–H groups in total. The molecule has 0 spiro atoms. The lowest BCUT2D eigenvalue weighted by molar-refractivity contribution is 0.0951. The van der Waals surface area contributed by atoms with Gasteiger partial charge in [-0.3, -0.25) is 19.1 Å². The fraction of sp³-hybridized carbons (Fsp3) is 0.276. The van der Waals surface area contributed by atoms with Crippen LogP contribution in [0.4, 0.5) is 5.69 Å². The summed E-state index contributed by atoms with van der Waals surface area (Å²) in [6, 6.07) is 20.3. The van der Waals surface area contributed by atoms with Gasteiger partial charge in [0, 0.05) is 54.0 Å². The van der Waals surface area contributed by atoms with Crippen molar-refractivity contribution in [2.45, 2.75) is 13.0 Å². The smallest absolute Gasteiger partial charge is 0.262 e. The van der Waals surface area contributed by atoms with Crippen LogP contribution in [0.3, 0.4) is 0 Å². The molecule has 0 radical (unpaired) electrons. The molecule has 2 heterocycles. The van der Waals surface area contributed by atoms with E-state index in [-0.39, 0.29) is 11.5 Å². The largest absolute Gasteiger partial charge is 0.369 e. The van der Waals surface area contributed by atoms with E-state index in [1.165, 1.54) is 4.57 Å². The Balaban J connectivity index is 1.14. The summed E-state index contributed by atoms with van der Waals surface area (Å²) < 4.78 is 1.81. The van der Waals surface area contributed by atoms with Gasteiger partial charge in [-0.25, -0.2) is 0 Å². The van der Waals surface area contributed by atoms with Gasteiger partial charge in [0.15, 0.2) is 4.77 Å². The van der Waals surface area contributed by atoms with Crippen LogP contribution in [-0.4, -0.2) is 59.6 Å². The predicted octanol–water partition coefficient (Wildman–Crippen LogP) is 5.36. The number of halogens is 2. The zero-order valence-electron chi connectivity index (χ0n) is 21.3. The molecule has 1 fully saturated rings. The first-order valence-electron chi connectivity index (χ1n) is 12.9. The van der Waals surface area contributed by atoms with Gasteiger partial charge in [0.25, 0.3) is 11.5 Å². The standard InChI is InChI=1S/C29H29Cl2N5O2S/c30-22-8-5-20(6-9-22)19-36-28(38)25-10-7-21(17-26(25)33-29(36)39)27(37)32-11-2-12-34-13-15-35(16-14-34)24-4-1-3-23(31)18-24/h1,3-10,17-18H,2,11-16,19H2,(H,32,37)(H,33,39). The third kappa shape index (κ3) is 6.70. The zero-order chi connectivity index (χ0) is 27.4. The molecule has 1 aliphatic heterocycles. The van der Waals surface area contributed by atoms with E-state index in [0.717, 1.165) is 55.4 Å². The highest BCUT2D eigenvalue weighted by Gasteiger charge is 2.17. The van der Waals surface area contributed by atoms with Gasteiger partial charge in [0.05, 0.1) is 17.4 Å². The number of H-pyrrole nitrogens is 1. The average Bonchev–Trinajstić information content (AvgIpc) is 2.94. The molecule has 0 bridgehead atoms. The van der Waals surface area contributed by atoms with E-state index >= 15 is 0 Å². The number of piperazine rings is 1. The molecule has 0 atom stereocenters. The van der Waals surface area contributed by atoms with Crippen molar-refractivity contribution in [1.29, 1.82) is 0 Å². The molecule has 3 aromatic carbocycles. The summed E-state index contributed by atoms with van der Waals surface area (Å²) in [5.74, 6) is -0.174. The van der Waals surface area contributed by atoms with Crippen molar-refractivity contribution in [2.75, 3.05) is 44.2 Å². The molecule has 1 saturated heterocycles. The normalized spacial score (nSPS) is 14.1. The van der Waals surface area contributed by atoms with Gasteiger partial charge in [0.2, 0.25) is 0 Å². The van der Waals surface area contributed by atoms with Crippen LogP contribution < -0.4 is 15.8 Å². The van der Waals surface area contributed by atoms with Crippen molar-refractivity contribution in [2.24, 2.45) is 0 Å². The van der Waals surface area contributed by atoms with E-state index in [1.54, 1.807) is 30.3 Å². The van der Waals surface area contributed by atoms with E-state index in [9.17, 15) is 9.59 Å². The molecule has 1 amide bonds. The second kappa shape index (κ2) is 12.3. The van der Waals surface area contributed by atoms with Crippen molar-refractivity contribution in [1.82, 2.24) is 19.8 Å². The molecule has 0 unspecified atom stereocenters. The zero-order valence-corrected chi connectivity index (χ0v) is 23.7. The van der Waals surface area contributed by atoms with Crippen molar-refractivity contribution in [3.05, 3.63) is 103 Å². The maximum atomic E-state index is 13.1.